The van der Waals surface area contributed by atoms with Crippen LogP contribution >= 0.6 is 0 Å². The maximum Gasteiger partial charge on any atom is 0.347 e. The first-order chi connectivity index (χ1) is 7.09. The number of carbonyl (C=O) groups excluding carboxylic acids is 1. The summed E-state index contributed by atoms with van der Waals surface area (Å²) < 4.78 is 0. The van der Waals surface area contributed by atoms with Crippen molar-refractivity contribution in [1.82, 2.24) is 10.2 Å². The van der Waals surface area contributed by atoms with Crippen molar-refractivity contribution in [2.45, 2.75) is 18.3 Å². The highest BCUT2D eigenvalue weighted by Gasteiger charge is 2.49. The van der Waals surface area contributed by atoms with E-state index in [2.05, 4.69) is 10.2 Å². The molecule has 7 nitrogen and oxygen atoms in total. The van der Waals surface area contributed by atoms with Crippen molar-refractivity contribution < 1.29 is 9.72 Å². The zero-order valence-corrected chi connectivity index (χ0v) is 7.56. The van der Waals surface area contributed by atoms with Crippen molar-refractivity contribution in [3.05, 3.63) is 21.9 Å². The molecule has 0 saturated heterocycles. The number of Topliss-reactive ketones (excluding diaryl/α,β-unsaturated/α-hetero) is 1. The van der Waals surface area contributed by atoms with Gasteiger partial charge in [-0.15, -0.1) is 5.10 Å². The van der Waals surface area contributed by atoms with E-state index in [-0.39, 0.29) is 30.0 Å². The summed E-state index contributed by atoms with van der Waals surface area (Å²) in [4.78, 5) is 20.9. The summed E-state index contributed by atoms with van der Waals surface area (Å²) in [5, 5.41) is 25.3. The van der Waals surface area contributed by atoms with Gasteiger partial charge in [0.05, 0.1) is 17.8 Å². The lowest BCUT2D eigenvalue weighted by atomic mass is 9.65. The highest BCUT2D eigenvalue weighted by atomic mass is 16.6. The van der Waals surface area contributed by atoms with Crippen LogP contribution in [0.25, 0.3) is 0 Å². The minimum absolute atomic E-state index is 0.0316. The molecule has 1 saturated carbocycles. The number of nitro groups is 1. The molecule has 0 radical (unpaired) electrons. The Bertz CT molecular complexity index is 476. The zero-order chi connectivity index (χ0) is 11.1. The first-order valence-corrected chi connectivity index (χ1v) is 4.20. The molecule has 1 aliphatic carbocycles. The number of carbonyl (C=O) groups is 1. The van der Waals surface area contributed by atoms with Gasteiger partial charge in [-0.25, -0.2) is 0 Å². The molecule has 76 valence electrons. The molecular weight excluding hydrogens is 200 g/mol. The molecule has 0 amide bonds. The maximum atomic E-state index is 10.9. The van der Waals surface area contributed by atoms with E-state index >= 15 is 0 Å². The zero-order valence-electron chi connectivity index (χ0n) is 7.56. The lowest BCUT2D eigenvalue weighted by molar-refractivity contribution is -0.390. The van der Waals surface area contributed by atoms with E-state index in [9.17, 15) is 14.9 Å². The monoisotopic (exact) mass is 206 g/mol. The molecule has 0 unspecified atom stereocenters. The molecule has 0 aliphatic heterocycles. The number of aromatic nitrogens is 2. The molecule has 0 bridgehead atoms. The molecule has 1 aromatic heterocycles. The predicted octanol–water partition coefficient (Wildman–Crippen LogP) is 0.442. The summed E-state index contributed by atoms with van der Waals surface area (Å²) >= 11 is 0. The Balaban J connectivity index is 2.45. The van der Waals surface area contributed by atoms with Gasteiger partial charge < -0.3 is 10.1 Å². The number of nitrogens with zero attached hydrogens (tertiary/aromatic N) is 3. The number of aromatic amines is 1. The average molecular weight is 206 g/mol. The molecule has 1 N–H and O–H groups in total. The van der Waals surface area contributed by atoms with Crippen LogP contribution in [0, 0.1) is 21.4 Å². The average Bonchev–Trinajstić information content (AvgIpc) is 2.61. The van der Waals surface area contributed by atoms with E-state index < -0.39 is 10.3 Å². The Labute approximate surface area is 83.9 Å². The first kappa shape index (κ1) is 9.33. The van der Waals surface area contributed by atoms with Gasteiger partial charge in [0.2, 0.25) is 0 Å². The lowest BCUT2D eigenvalue weighted by Crippen LogP contribution is -2.40. The van der Waals surface area contributed by atoms with Gasteiger partial charge >= 0.3 is 5.82 Å². The normalized spacial score (nSPS) is 17.9. The Morgan fingerprint density at radius 2 is 2.33 bits per heavy atom. The molecule has 1 fully saturated rings. The second-order valence-electron chi connectivity index (χ2n) is 3.48. The number of ketones is 1. The summed E-state index contributed by atoms with van der Waals surface area (Å²) in [6.07, 6.45) is 1.31. The van der Waals surface area contributed by atoms with Crippen LogP contribution < -0.4 is 0 Å². The Kier molecular flexibility index (Phi) is 1.79. The van der Waals surface area contributed by atoms with Gasteiger partial charge in [0.1, 0.15) is 11.2 Å². The Morgan fingerprint density at radius 3 is 2.80 bits per heavy atom. The molecule has 1 aromatic rings. The van der Waals surface area contributed by atoms with Crippen LogP contribution in [0.15, 0.2) is 6.20 Å². The fraction of sp³-hybridized carbons (Fsp3) is 0.375. The minimum atomic E-state index is -1.05. The molecule has 1 aliphatic rings. The standard InChI is InChI=1S/C8H6N4O3/c9-4-8(1-5(13)2-8)6-3-10-11-7(6)12(14)15/h3H,1-2H2,(H,10,11). The third kappa shape index (κ3) is 1.19. The number of H-pyrrole nitrogens is 1. The molecule has 15 heavy (non-hydrogen) atoms. The van der Waals surface area contributed by atoms with E-state index in [1.165, 1.54) is 6.20 Å². The van der Waals surface area contributed by atoms with Gasteiger partial charge in [-0.3, -0.25) is 4.79 Å². The molecule has 0 spiro atoms. The van der Waals surface area contributed by atoms with Gasteiger partial charge in [0.15, 0.2) is 0 Å². The van der Waals surface area contributed by atoms with Crippen LogP contribution in [0.4, 0.5) is 5.82 Å². The Hall–Kier alpha value is -2.23. The van der Waals surface area contributed by atoms with E-state index in [1.54, 1.807) is 0 Å². The predicted molar refractivity (Wildman–Crippen MR) is 46.8 cm³/mol. The highest BCUT2D eigenvalue weighted by Crippen LogP contribution is 2.43. The van der Waals surface area contributed by atoms with Crippen LogP contribution in [0.2, 0.25) is 0 Å². The van der Waals surface area contributed by atoms with E-state index in [0.29, 0.717) is 0 Å². The number of nitrogens with one attached hydrogen (secondary N) is 1. The third-order valence-electron chi connectivity index (χ3n) is 2.53. The third-order valence-corrected chi connectivity index (χ3v) is 2.53. The number of hydrogen-bond acceptors (Lipinski definition) is 5. The van der Waals surface area contributed by atoms with E-state index in [0.717, 1.165) is 0 Å². The summed E-state index contributed by atoms with van der Waals surface area (Å²) in [5.41, 5.74) is -0.846. The van der Waals surface area contributed by atoms with Crippen molar-refractivity contribution >= 4 is 11.6 Å². The van der Waals surface area contributed by atoms with Gasteiger partial charge in [0.25, 0.3) is 0 Å². The largest absolute Gasteiger partial charge is 0.358 e. The second-order valence-corrected chi connectivity index (χ2v) is 3.48. The van der Waals surface area contributed by atoms with Crippen LogP contribution in [-0.4, -0.2) is 20.9 Å². The van der Waals surface area contributed by atoms with Crippen molar-refractivity contribution in [3.8, 4) is 6.07 Å². The van der Waals surface area contributed by atoms with E-state index in [4.69, 9.17) is 5.26 Å². The smallest absolute Gasteiger partial charge is 0.347 e. The van der Waals surface area contributed by atoms with Gasteiger partial charge in [-0.1, -0.05) is 5.10 Å². The van der Waals surface area contributed by atoms with Crippen LogP contribution in [-0.2, 0) is 10.2 Å². The SMILES string of the molecule is N#CC1(c2cn[nH]c2[N+](=O)[O-])CC(=O)C1. The number of hydrogen-bond donors (Lipinski definition) is 1. The molecule has 1 heterocycles. The molecule has 2 rings (SSSR count). The molecule has 0 aromatic carbocycles. The molecule has 7 heteroatoms. The quantitative estimate of drug-likeness (QED) is 0.557. The van der Waals surface area contributed by atoms with E-state index in [1.807, 2.05) is 6.07 Å². The minimum Gasteiger partial charge on any atom is -0.358 e. The first-order valence-electron chi connectivity index (χ1n) is 4.20. The van der Waals surface area contributed by atoms with Crippen LogP contribution in [0.1, 0.15) is 18.4 Å². The summed E-state index contributed by atoms with van der Waals surface area (Å²) in [6.45, 7) is 0. The van der Waals surface area contributed by atoms with Crippen molar-refractivity contribution in [3.63, 3.8) is 0 Å². The van der Waals surface area contributed by atoms with Gasteiger partial charge in [-0.2, -0.15) is 5.26 Å². The lowest BCUT2D eigenvalue weighted by Gasteiger charge is -2.31. The fourth-order valence-electron chi connectivity index (χ4n) is 1.72. The number of nitriles is 1. The highest BCUT2D eigenvalue weighted by molar-refractivity contribution is 5.90. The fourth-order valence-corrected chi connectivity index (χ4v) is 1.72. The molecular formula is C8H6N4O3. The second kappa shape index (κ2) is 2.88. The van der Waals surface area contributed by atoms with Gasteiger partial charge in [0, 0.05) is 12.8 Å². The van der Waals surface area contributed by atoms with Crippen molar-refractivity contribution in [2.75, 3.05) is 0 Å². The van der Waals surface area contributed by atoms with Crippen molar-refractivity contribution in [2.24, 2.45) is 0 Å². The van der Waals surface area contributed by atoms with Crippen LogP contribution in [0.5, 0.6) is 0 Å². The summed E-state index contributed by atoms with van der Waals surface area (Å²) in [6, 6.07) is 1.96. The molecule has 0 atom stereocenters. The van der Waals surface area contributed by atoms with Crippen molar-refractivity contribution in [1.29, 1.82) is 5.26 Å². The number of rotatable bonds is 2. The summed E-state index contributed by atoms with van der Waals surface area (Å²) in [5.74, 6) is -0.365. The van der Waals surface area contributed by atoms with Crippen LogP contribution in [0.3, 0.4) is 0 Å². The maximum absolute atomic E-state index is 10.9. The summed E-state index contributed by atoms with van der Waals surface area (Å²) in [7, 11) is 0. The Morgan fingerprint density at radius 1 is 1.67 bits per heavy atom. The topological polar surface area (TPSA) is 113 Å². The van der Waals surface area contributed by atoms with Gasteiger partial charge in [-0.05, 0) is 4.92 Å².